The highest BCUT2D eigenvalue weighted by Crippen LogP contribution is 2.40. The first-order valence-corrected chi connectivity index (χ1v) is 11.3. The van der Waals surface area contributed by atoms with Crippen molar-refractivity contribution < 1.29 is 14.3 Å². The van der Waals surface area contributed by atoms with E-state index in [0.717, 1.165) is 39.1 Å². The Morgan fingerprint density at radius 2 is 1.39 bits per heavy atom. The Bertz CT molecular complexity index is 1230. The molecule has 0 radical (unpaired) electrons. The average molecular weight is 457 g/mol. The van der Waals surface area contributed by atoms with Crippen LogP contribution in [0.25, 0.3) is 22.3 Å². The van der Waals surface area contributed by atoms with Crippen molar-refractivity contribution in [2.45, 2.75) is 20.0 Å². The molecule has 0 unspecified atom stereocenters. The summed E-state index contributed by atoms with van der Waals surface area (Å²) in [4.78, 5) is 12.2. The average Bonchev–Trinajstić information content (AvgIpc) is 2.84. The van der Waals surface area contributed by atoms with Crippen LogP contribution in [0.15, 0.2) is 97.1 Å². The second-order valence-electron chi connectivity index (χ2n) is 7.60. The molecule has 0 saturated carbocycles. The van der Waals surface area contributed by atoms with E-state index in [1.165, 1.54) is 0 Å². The number of hydrogen-bond acceptors (Lipinski definition) is 3. The Morgan fingerprint density at radius 3 is 2.12 bits per heavy atom. The van der Waals surface area contributed by atoms with E-state index in [0.29, 0.717) is 18.2 Å². The quantitative estimate of drug-likeness (QED) is 0.260. The van der Waals surface area contributed by atoms with E-state index in [4.69, 9.17) is 21.1 Å². The highest BCUT2D eigenvalue weighted by atomic mass is 35.5. The molecule has 0 aliphatic rings. The van der Waals surface area contributed by atoms with Crippen LogP contribution in [-0.2, 0) is 22.6 Å². The first-order valence-electron chi connectivity index (χ1n) is 10.9. The molecule has 0 aliphatic heterocycles. The number of rotatable bonds is 8. The van der Waals surface area contributed by atoms with Crippen LogP contribution in [-0.4, -0.2) is 12.6 Å². The molecule has 0 aliphatic carbocycles. The zero-order chi connectivity index (χ0) is 23.0. The van der Waals surface area contributed by atoms with Gasteiger partial charge in [0.1, 0.15) is 12.4 Å². The summed E-state index contributed by atoms with van der Waals surface area (Å²) in [7, 11) is 0. The van der Waals surface area contributed by atoms with Gasteiger partial charge >= 0.3 is 5.97 Å². The minimum Gasteiger partial charge on any atom is -0.488 e. The van der Waals surface area contributed by atoms with E-state index in [-0.39, 0.29) is 12.4 Å². The predicted octanol–water partition coefficient (Wildman–Crippen LogP) is 7.36. The molecule has 0 fully saturated rings. The maximum absolute atomic E-state index is 12.2. The zero-order valence-corrected chi connectivity index (χ0v) is 19.2. The van der Waals surface area contributed by atoms with Crippen molar-refractivity contribution in [3.05, 3.63) is 113 Å². The molecule has 4 rings (SSSR count). The van der Waals surface area contributed by atoms with Gasteiger partial charge in [0.2, 0.25) is 0 Å². The van der Waals surface area contributed by atoms with Crippen molar-refractivity contribution >= 4 is 17.6 Å². The fraction of sp³-hybridized carbons (Fsp3) is 0.138. The SMILES string of the molecule is CCOC(=O)Cc1ccccc1-c1ccccc1-c1cc(Cl)ccc1OCc1ccccc1. The highest BCUT2D eigenvalue weighted by Gasteiger charge is 2.16. The molecule has 0 aromatic heterocycles. The van der Waals surface area contributed by atoms with Crippen LogP contribution >= 0.6 is 11.6 Å². The number of esters is 1. The van der Waals surface area contributed by atoms with Crippen molar-refractivity contribution in [2.24, 2.45) is 0 Å². The lowest BCUT2D eigenvalue weighted by molar-refractivity contribution is -0.142. The second-order valence-corrected chi connectivity index (χ2v) is 8.04. The van der Waals surface area contributed by atoms with E-state index in [2.05, 4.69) is 12.1 Å². The van der Waals surface area contributed by atoms with Gasteiger partial charge in [-0.1, -0.05) is 90.5 Å². The molecule has 0 bridgehead atoms. The molecule has 0 atom stereocenters. The summed E-state index contributed by atoms with van der Waals surface area (Å²) < 4.78 is 11.4. The van der Waals surface area contributed by atoms with Crippen LogP contribution in [0, 0.1) is 0 Å². The highest BCUT2D eigenvalue weighted by molar-refractivity contribution is 6.31. The van der Waals surface area contributed by atoms with Crippen molar-refractivity contribution in [1.29, 1.82) is 0 Å². The molecule has 4 aromatic rings. The number of carbonyl (C=O) groups excluding carboxylic acids is 1. The Balaban J connectivity index is 1.75. The van der Waals surface area contributed by atoms with Gasteiger partial charge in [-0.3, -0.25) is 4.79 Å². The fourth-order valence-electron chi connectivity index (χ4n) is 3.83. The Kier molecular flexibility index (Phi) is 7.43. The maximum Gasteiger partial charge on any atom is 0.310 e. The zero-order valence-electron chi connectivity index (χ0n) is 18.5. The Labute approximate surface area is 199 Å². The van der Waals surface area contributed by atoms with Gasteiger partial charge in [0.05, 0.1) is 13.0 Å². The molecule has 166 valence electrons. The van der Waals surface area contributed by atoms with Gasteiger partial charge in [0.25, 0.3) is 0 Å². The van der Waals surface area contributed by atoms with E-state index >= 15 is 0 Å². The monoisotopic (exact) mass is 456 g/mol. The third-order valence-corrected chi connectivity index (χ3v) is 5.58. The number of ether oxygens (including phenoxy) is 2. The summed E-state index contributed by atoms with van der Waals surface area (Å²) in [6.07, 6.45) is 0.214. The summed E-state index contributed by atoms with van der Waals surface area (Å²) in [6.45, 7) is 2.63. The molecule has 0 N–H and O–H groups in total. The minimum absolute atomic E-state index is 0.214. The second kappa shape index (κ2) is 10.8. The van der Waals surface area contributed by atoms with Gasteiger partial charge in [-0.15, -0.1) is 0 Å². The standard InChI is InChI=1S/C29H25ClO3/c1-2-32-29(31)18-22-12-6-7-13-24(22)25-14-8-9-15-26(25)27-19-23(30)16-17-28(27)33-20-21-10-4-3-5-11-21/h3-17,19H,2,18,20H2,1H3. The van der Waals surface area contributed by atoms with E-state index in [9.17, 15) is 4.79 Å². The van der Waals surface area contributed by atoms with E-state index in [1.54, 1.807) is 0 Å². The summed E-state index contributed by atoms with van der Waals surface area (Å²) in [5.74, 6) is 0.510. The molecule has 4 aromatic carbocycles. The summed E-state index contributed by atoms with van der Waals surface area (Å²) >= 11 is 6.40. The molecular weight excluding hydrogens is 432 g/mol. The number of benzene rings is 4. The molecular formula is C29H25ClO3. The minimum atomic E-state index is -0.239. The number of carbonyl (C=O) groups is 1. The van der Waals surface area contributed by atoms with E-state index < -0.39 is 0 Å². The molecule has 0 spiro atoms. The predicted molar refractivity (Wildman–Crippen MR) is 133 cm³/mol. The maximum atomic E-state index is 12.2. The molecule has 4 heteroatoms. The van der Waals surface area contributed by atoms with E-state index in [1.807, 2.05) is 91.9 Å². The largest absolute Gasteiger partial charge is 0.488 e. The van der Waals surface area contributed by atoms with Crippen molar-refractivity contribution in [3.63, 3.8) is 0 Å². The lowest BCUT2D eigenvalue weighted by Gasteiger charge is -2.17. The van der Waals surface area contributed by atoms with Crippen molar-refractivity contribution in [2.75, 3.05) is 6.61 Å². The topological polar surface area (TPSA) is 35.5 Å². The lowest BCUT2D eigenvalue weighted by Crippen LogP contribution is -2.08. The third kappa shape index (κ3) is 5.63. The van der Waals surface area contributed by atoms with Crippen molar-refractivity contribution in [3.8, 4) is 28.0 Å². The van der Waals surface area contributed by atoms with Gasteiger partial charge < -0.3 is 9.47 Å². The van der Waals surface area contributed by atoms with Crippen LogP contribution < -0.4 is 4.74 Å². The first-order chi connectivity index (χ1) is 16.2. The van der Waals surface area contributed by atoms with Crippen LogP contribution in [0.5, 0.6) is 5.75 Å². The Hall–Kier alpha value is -3.56. The van der Waals surface area contributed by atoms with Crippen molar-refractivity contribution in [1.82, 2.24) is 0 Å². The van der Waals surface area contributed by atoms with Crippen LogP contribution in [0.4, 0.5) is 0 Å². The smallest absolute Gasteiger partial charge is 0.310 e. The molecule has 0 amide bonds. The number of hydrogen-bond donors (Lipinski definition) is 0. The lowest BCUT2D eigenvalue weighted by atomic mass is 9.90. The van der Waals surface area contributed by atoms with Gasteiger partial charge in [-0.2, -0.15) is 0 Å². The van der Waals surface area contributed by atoms with Crippen LogP contribution in [0.1, 0.15) is 18.1 Å². The first kappa shape index (κ1) is 22.6. The van der Waals surface area contributed by atoms with Crippen LogP contribution in [0.3, 0.4) is 0 Å². The summed E-state index contributed by atoms with van der Waals surface area (Å²) in [5.41, 5.74) is 5.88. The van der Waals surface area contributed by atoms with Gasteiger partial charge in [-0.25, -0.2) is 0 Å². The molecule has 3 nitrogen and oxygen atoms in total. The molecule has 0 saturated heterocycles. The summed E-state index contributed by atoms with van der Waals surface area (Å²) in [5, 5.41) is 0.631. The fourth-order valence-corrected chi connectivity index (χ4v) is 4.00. The number of halogens is 1. The van der Waals surface area contributed by atoms with Crippen LogP contribution in [0.2, 0.25) is 5.02 Å². The normalized spacial score (nSPS) is 10.6. The van der Waals surface area contributed by atoms with Gasteiger partial charge in [0.15, 0.2) is 0 Å². The molecule has 33 heavy (non-hydrogen) atoms. The van der Waals surface area contributed by atoms with Gasteiger partial charge in [0, 0.05) is 10.6 Å². The molecule has 0 heterocycles. The van der Waals surface area contributed by atoms with Gasteiger partial charge in [-0.05, 0) is 52.9 Å². The third-order valence-electron chi connectivity index (χ3n) is 5.34. The Morgan fingerprint density at radius 1 is 0.758 bits per heavy atom. The summed E-state index contributed by atoms with van der Waals surface area (Å²) in [6, 6.07) is 31.7.